The second-order valence-corrected chi connectivity index (χ2v) is 3.71. The monoisotopic (exact) mass is 284 g/mol. The number of methoxy groups -OCH3 is 2. The Hall–Kier alpha value is -2.77. The maximum absolute atomic E-state index is 11.2. The van der Waals surface area contributed by atoms with Crippen molar-refractivity contribution >= 4 is 17.9 Å². The predicted octanol–water partition coefficient (Wildman–Crippen LogP) is 0.655. The van der Waals surface area contributed by atoms with Crippen molar-refractivity contribution in [3.8, 4) is 11.5 Å². The summed E-state index contributed by atoms with van der Waals surface area (Å²) < 4.78 is 9.82. The smallest absolute Gasteiger partial charge is 0.336 e. The van der Waals surface area contributed by atoms with Crippen LogP contribution in [0.3, 0.4) is 0 Å². The van der Waals surface area contributed by atoms with E-state index in [-0.39, 0.29) is 11.5 Å². The zero-order valence-corrected chi connectivity index (χ0v) is 10.6. The van der Waals surface area contributed by atoms with Gasteiger partial charge in [0.05, 0.1) is 19.8 Å². The molecule has 0 radical (unpaired) electrons. The molecule has 1 rings (SSSR count). The molecule has 8 heteroatoms. The minimum atomic E-state index is -2.01. The minimum absolute atomic E-state index is 0.0417. The predicted molar refractivity (Wildman–Crippen MR) is 64.5 cm³/mol. The molecule has 8 nitrogen and oxygen atoms in total. The summed E-state index contributed by atoms with van der Waals surface area (Å²) in [5, 5.41) is 27.0. The van der Waals surface area contributed by atoms with Crippen molar-refractivity contribution in [3.63, 3.8) is 0 Å². The molecular weight excluding hydrogens is 272 g/mol. The zero-order valence-electron chi connectivity index (χ0n) is 10.6. The van der Waals surface area contributed by atoms with Gasteiger partial charge in [-0.25, -0.2) is 4.79 Å². The highest BCUT2D eigenvalue weighted by Gasteiger charge is 2.33. The highest BCUT2D eigenvalue weighted by Crippen LogP contribution is 2.34. The summed E-state index contributed by atoms with van der Waals surface area (Å²) in [5.74, 6) is -6.73. The van der Waals surface area contributed by atoms with Crippen LogP contribution in [0.2, 0.25) is 0 Å². The van der Waals surface area contributed by atoms with Gasteiger partial charge < -0.3 is 24.8 Å². The van der Waals surface area contributed by atoms with Gasteiger partial charge >= 0.3 is 17.9 Å². The van der Waals surface area contributed by atoms with Crippen molar-refractivity contribution in [3.05, 3.63) is 23.3 Å². The molecule has 20 heavy (non-hydrogen) atoms. The zero-order chi connectivity index (χ0) is 15.4. The third-order valence-corrected chi connectivity index (χ3v) is 2.59. The third-order valence-electron chi connectivity index (χ3n) is 2.59. The van der Waals surface area contributed by atoms with E-state index in [2.05, 4.69) is 0 Å². The van der Waals surface area contributed by atoms with E-state index in [0.717, 1.165) is 12.1 Å². The van der Waals surface area contributed by atoms with Crippen LogP contribution in [-0.2, 0) is 9.59 Å². The lowest BCUT2D eigenvalue weighted by Gasteiger charge is -2.15. The highest BCUT2D eigenvalue weighted by atomic mass is 16.5. The lowest BCUT2D eigenvalue weighted by atomic mass is 9.93. The Morgan fingerprint density at radius 2 is 1.40 bits per heavy atom. The third kappa shape index (κ3) is 2.79. The summed E-state index contributed by atoms with van der Waals surface area (Å²) in [6.45, 7) is 0. The van der Waals surface area contributed by atoms with Gasteiger partial charge in [-0.1, -0.05) is 0 Å². The van der Waals surface area contributed by atoms with Gasteiger partial charge in [0.15, 0.2) is 17.4 Å². The van der Waals surface area contributed by atoms with E-state index in [1.54, 1.807) is 0 Å². The average Bonchev–Trinajstić information content (AvgIpc) is 2.36. The second kappa shape index (κ2) is 5.91. The molecule has 0 atom stereocenters. The van der Waals surface area contributed by atoms with Crippen LogP contribution >= 0.6 is 0 Å². The normalized spacial score (nSPS) is 10.2. The quantitative estimate of drug-likeness (QED) is 0.649. The summed E-state index contributed by atoms with van der Waals surface area (Å²) in [4.78, 5) is 33.2. The highest BCUT2D eigenvalue weighted by molar-refractivity contribution is 6.03. The number of hydrogen-bond acceptors (Lipinski definition) is 5. The van der Waals surface area contributed by atoms with Crippen molar-refractivity contribution in [1.29, 1.82) is 0 Å². The molecule has 0 bridgehead atoms. The maximum atomic E-state index is 11.2. The van der Waals surface area contributed by atoms with Gasteiger partial charge in [-0.3, -0.25) is 9.59 Å². The lowest BCUT2D eigenvalue weighted by Crippen LogP contribution is -2.23. The molecule has 1 aromatic rings. The molecule has 0 amide bonds. The number of carbonyl (C=O) groups is 3. The summed E-state index contributed by atoms with van der Waals surface area (Å²) in [5.41, 5.74) is -0.868. The lowest BCUT2D eigenvalue weighted by molar-refractivity contribution is -0.150. The molecule has 3 N–H and O–H groups in total. The molecule has 0 aliphatic heterocycles. The molecule has 0 saturated carbocycles. The first-order valence-corrected chi connectivity index (χ1v) is 5.28. The summed E-state index contributed by atoms with van der Waals surface area (Å²) in [7, 11) is 2.54. The molecule has 0 aromatic heterocycles. The molecular formula is C12H12O8. The van der Waals surface area contributed by atoms with E-state index in [4.69, 9.17) is 24.8 Å². The summed E-state index contributed by atoms with van der Waals surface area (Å²) in [6, 6.07) is 2.06. The summed E-state index contributed by atoms with van der Waals surface area (Å²) >= 11 is 0. The molecule has 0 heterocycles. The van der Waals surface area contributed by atoms with E-state index < -0.39 is 35.0 Å². The molecule has 108 valence electrons. The van der Waals surface area contributed by atoms with Gasteiger partial charge in [-0.05, 0) is 17.7 Å². The fraction of sp³-hybridized carbons (Fsp3) is 0.250. The second-order valence-electron chi connectivity index (χ2n) is 3.71. The van der Waals surface area contributed by atoms with E-state index in [9.17, 15) is 14.4 Å². The first-order chi connectivity index (χ1) is 9.33. The summed E-state index contributed by atoms with van der Waals surface area (Å²) in [6.07, 6.45) is 0. The number of hydrogen-bond donors (Lipinski definition) is 3. The van der Waals surface area contributed by atoms with Gasteiger partial charge in [0, 0.05) is 0 Å². The number of aromatic carboxylic acids is 1. The van der Waals surface area contributed by atoms with Gasteiger partial charge in [-0.2, -0.15) is 0 Å². The van der Waals surface area contributed by atoms with Crippen LogP contribution in [0.1, 0.15) is 21.8 Å². The van der Waals surface area contributed by atoms with Gasteiger partial charge in [0.2, 0.25) is 0 Å². The minimum Gasteiger partial charge on any atom is -0.493 e. The first-order valence-electron chi connectivity index (χ1n) is 5.28. The number of ether oxygens (including phenoxy) is 2. The van der Waals surface area contributed by atoms with Crippen LogP contribution in [0.4, 0.5) is 0 Å². The van der Waals surface area contributed by atoms with E-state index in [0.29, 0.717) is 0 Å². The Kier molecular flexibility index (Phi) is 4.52. The van der Waals surface area contributed by atoms with E-state index in [1.807, 2.05) is 0 Å². The molecule has 0 spiro atoms. The standard InChI is InChI=1S/C12H12O8/c1-19-7-3-5(9(11(15)16)12(17)18)6(10(13)14)4-8(7)20-2/h3-4,9H,1-2H3,(H,13,14)(H,15,16)(H,17,18). The molecule has 0 fully saturated rings. The van der Waals surface area contributed by atoms with Gasteiger partial charge in [0.25, 0.3) is 0 Å². The fourth-order valence-corrected chi connectivity index (χ4v) is 1.69. The van der Waals surface area contributed by atoms with Crippen LogP contribution in [0.15, 0.2) is 12.1 Å². The first kappa shape index (κ1) is 15.3. The molecule has 0 unspecified atom stereocenters. The largest absolute Gasteiger partial charge is 0.493 e. The van der Waals surface area contributed by atoms with E-state index in [1.165, 1.54) is 14.2 Å². The van der Waals surface area contributed by atoms with E-state index >= 15 is 0 Å². The Labute approximate surface area is 113 Å². The van der Waals surface area contributed by atoms with Crippen LogP contribution in [0, 0.1) is 0 Å². The van der Waals surface area contributed by atoms with Crippen molar-refractivity contribution < 1.29 is 39.2 Å². The van der Waals surface area contributed by atoms with Gasteiger partial charge in [-0.15, -0.1) is 0 Å². The Balaban J connectivity index is 3.61. The van der Waals surface area contributed by atoms with Gasteiger partial charge in [0.1, 0.15) is 0 Å². The topological polar surface area (TPSA) is 130 Å². The number of carboxylic acids is 3. The molecule has 0 aliphatic carbocycles. The number of benzene rings is 1. The Morgan fingerprint density at radius 3 is 1.75 bits per heavy atom. The SMILES string of the molecule is COc1cc(C(=O)O)c(C(C(=O)O)C(=O)O)cc1OC. The molecule has 1 aromatic carbocycles. The number of aliphatic carboxylic acids is 2. The molecule has 0 aliphatic rings. The number of carboxylic acid groups (broad SMARTS) is 3. The Bertz CT molecular complexity index is 549. The van der Waals surface area contributed by atoms with Crippen LogP contribution in [0.5, 0.6) is 11.5 Å². The van der Waals surface area contributed by atoms with Crippen molar-refractivity contribution in [2.45, 2.75) is 5.92 Å². The van der Waals surface area contributed by atoms with Crippen LogP contribution in [-0.4, -0.2) is 47.4 Å². The Morgan fingerprint density at radius 1 is 0.950 bits per heavy atom. The van der Waals surface area contributed by atoms with Crippen molar-refractivity contribution in [1.82, 2.24) is 0 Å². The average molecular weight is 284 g/mol. The van der Waals surface area contributed by atoms with Crippen molar-refractivity contribution in [2.75, 3.05) is 14.2 Å². The maximum Gasteiger partial charge on any atom is 0.336 e. The van der Waals surface area contributed by atoms with Crippen LogP contribution in [0.25, 0.3) is 0 Å². The van der Waals surface area contributed by atoms with Crippen LogP contribution < -0.4 is 9.47 Å². The fourth-order valence-electron chi connectivity index (χ4n) is 1.69. The van der Waals surface area contributed by atoms with Crippen molar-refractivity contribution in [2.24, 2.45) is 0 Å². The molecule has 0 saturated heterocycles. The number of rotatable bonds is 6.